The Bertz CT molecular complexity index is 507. The Morgan fingerprint density at radius 3 is 2.73 bits per heavy atom. The van der Waals surface area contributed by atoms with E-state index < -0.39 is 0 Å². The fourth-order valence-corrected chi connectivity index (χ4v) is 1.87. The number of halogens is 2. The lowest BCUT2D eigenvalue weighted by Gasteiger charge is -2.03. The number of nitrogens with zero attached hydrogens (tertiary/aromatic N) is 2. The second-order valence-corrected chi connectivity index (χ2v) is 4.07. The second-order valence-electron chi connectivity index (χ2n) is 3.21. The minimum atomic E-state index is -0.292. The minimum absolute atomic E-state index is 0.292. The molecule has 0 saturated heterocycles. The van der Waals surface area contributed by atoms with Crippen LogP contribution < -0.4 is 5.73 Å². The first-order valence-corrected chi connectivity index (χ1v) is 5.11. The van der Waals surface area contributed by atoms with Crippen molar-refractivity contribution < 1.29 is 4.39 Å². The van der Waals surface area contributed by atoms with Gasteiger partial charge in [0.15, 0.2) is 0 Å². The van der Waals surface area contributed by atoms with Crippen molar-refractivity contribution in [2.75, 3.05) is 5.73 Å². The average molecular weight is 270 g/mol. The molecule has 0 bridgehead atoms. The highest BCUT2D eigenvalue weighted by Crippen LogP contribution is 2.30. The molecule has 3 nitrogen and oxygen atoms in total. The summed E-state index contributed by atoms with van der Waals surface area (Å²) < 4.78 is 15.2. The Kier molecular flexibility index (Phi) is 2.48. The summed E-state index contributed by atoms with van der Waals surface area (Å²) in [4.78, 5) is 4.16. The Labute approximate surface area is 94.9 Å². The van der Waals surface area contributed by atoms with Gasteiger partial charge in [0, 0.05) is 17.1 Å². The Morgan fingerprint density at radius 2 is 2.20 bits per heavy atom. The molecule has 0 aliphatic heterocycles. The summed E-state index contributed by atoms with van der Waals surface area (Å²) in [6.45, 7) is 0. The van der Waals surface area contributed by atoms with E-state index in [9.17, 15) is 4.39 Å². The van der Waals surface area contributed by atoms with Crippen molar-refractivity contribution in [2.24, 2.45) is 7.05 Å². The molecule has 0 radical (unpaired) electrons. The molecule has 0 fully saturated rings. The van der Waals surface area contributed by atoms with E-state index in [1.165, 1.54) is 12.1 Å². The molecule has 1 heterocycles. The van der Waals surface area contributed by atoms with E-state index in [0.717, 1.165) is 5.56 Å². The molecule has 15 heavy (non-hydrogen) atoms. The molecule has 2 rings (SSSR count). The van der Waals surface area contributed by atoms with E-state index in [-0.39, 0.29) is 5.82 Å². The number of benzene rings is 1. The lowest BCUT2D eigenvalue weighted by atomic mass is 10.1. The number of nitrogens with two attached hydrogens (primary N) is 1. The third kappa shape index (κ3) is 1.74. The van der Waals surface area contributed by atoms with Gasteiger partial charge in [-0.25, -0.2) is 9.37 Å². The van der Waals surface area contributed by atoms with Gasteiger partial charge in [-0.15, -0.1) is 0 Å². The maximum absolute atomic E-state index is 12.9. The van der Waals surface area contributed by atoms with Crippen LogP contribution in [0.2, 0.25) is 0 Å². The van der Waals surface area contributed by atoms with Crippen molar-refractivity contribution >= 4 is 21.7 Å². The fraction of sp³-hybridized carbons (Fsp3) is 0.100. The number of hydrogen-bond acceptors (Lipinski definition) is 2. The molecule has 0 aliphatic carbocycles. The maximum atomic E-state index is 12.9. The van der Waals surface area contributed by atoms with Crippen molar-refractivity contribution in [1.82, 2.24) is 9.55 Å². The van der Waals surface area contributed by atoms with Gasteiger partial charge < -0.3 is 10.3 Å². The predicted octanol–water partition coefficient (Wildman–Crippen LogP) is 2.57. The Balaban J connectivity index is 2.59. The predicted molar refractivity (Wildman–Crippen MR) is 60.7 cm³/mol. The van der Waals surface area contributed by atoms with Crippen molar-refractivity contribution in [3.8, 4) is 11.3 Å². The molecule has 1 aromatic heterocycles. The van der Waals surface area contributed by atoms with Crippen LogP contribution in [0, 0.1) is 5.82 Å². The third-order valence-electron chi connectivity index (χ3n) is 2.17. The number of anilines is 1. The minimum Gasteiger partial charge on any atom is -0.383 e. The summed E-state index contributed by atoms with van der Waals surface area (Å²) in [5, 5.41) is 0. The third-order valence-corrected chi connectivity index (χ3v) is 2.82. The molecule has 0 saturated carbocycles. The summed E-state index contributed by atoms with van der Waals surface area (Å²) in [5.41, 5.74) is 7.27. The van der Waals surface area contributed by atoms with E-state index in [2.05, 4.69) is 20.9 Å². The smallest absolute Gasteiger partial charge is 0.131 e. The van der Waals surface area contributed by atoms with Crippen molar-refractivity contribution in [1.29, 1.82) is 0 Å². The first-order chi connectivity index (χ1) is 7.09. The molecule has 0 spiro atoms. The molecule has 5 heteroatoms. The van der Waals surface area contributed by atoms with Crippen LogP contribution >= 0.6 is 15.9 Å². The molecule has 2 aromatic rings. The molecular weight excluding hydrogens is 261 g/mol. The van der Waals surface area contributed by atoms with Crippen LogP contribution in [0.3, 0.4) is 0 Å². The first-order valence-electron chi connectivity index (χ1n) is 4.32. The van der Waals surface area contributed by atoms with Gasteiger partial charge >= 0.3 is 0 Å². The first kappa shape index (κ1) is 10.2. The highest BCUT2D eigenvalue weighted by atomic mass is 79.9. The Hall–Kier alpha value is -1.36. The van der Waals surface area contributed by atoms with Crippen LogP contribution in [0.1, 0.15) is 0 Å². The number of aromatic nitrogens is 2. The van der Waals surface area contributed by atoms with E-state index >= 15 is 0 Å². The largest absolute Gasteiger partial charge is 0.383 e. The van der Waals surface area contributed by atoms with E-state index in [4.69, 9.17) is 5.73 Å². The van der Waals surface area contributed by atoms with E-state index in [1.807, 2.05) is 7.05 Å². The molecule has 1 aromatic carbocycles. The molecule has 0 atom stereocenters. The molecule has 0 unspecified atom stereocenters. The van der Waals surface area contributed by atoms with Gasteiger partial charge in [0.1, 0.15) is 17.3 Å². The van der Waals surface area contributed by atoms with E-state index in [1.54, 1.807) is 17.0 Å². The summed E-state index contributed by atoms with van der Waals surface area (Å²) in [6.07, 6.45) is 1.63. The zero-order valence-corrected chi connectivity index (χ0v) is 9.62. The number of nitrogen functional groups attached to an aromatic ring is 1. The van der Waals surface area contributed by atoms with Gasteiger partial charge in [-0.1, -0.05) is 0 Å². The summed E-state index contributed by atoms with van der Waals surface area (Å²) in [5.74, 6) is 0.266. The van der Waals surface area contributed by atoms with E-state index in [0.29, 0.717) is 16.0 Å². The number of rotatable bonds is 1. The quantitative estimate of drug-likeness (QED) is 0.865. The van der Waals surface area contributed by atoms with Gasteiger partial charge in [-0.05, 0) is 34.1 Å². The lowest BCUT2D eigenvalue weighted by molar-refractivity contribution is 0.627. The second kappa shape index (κ2) is 3.66. The molecule has 0 amide bonds. The Morgan fingerprint density at radius 1 is 1.47 bits per heavy atom. The van der Waals surface area contributed by atoms with Crippen molar-refractivity contribution in [3.63, 3.8) is 0 Å². The summed E-state index contributed by atoms with van der Waals surface area (Å²) >= 11 is 3.28. The van der Waals surface area contributed by atoms with Crippen LogP contribution in [-0.4, -0.2) is 9.55 Å². The highest BCUT2D eigenvalue weighted by molar-refractivity contribution is 9.10. The van der Waals surface area contributed by atoms with Crippen molar-refractivity contribution in [3.05, 3.63) is 34.8 Å². The summed E-state index contributed by atoms with van der Waals surface area (Å²) in [7, 11) is 1.81. The maximum Gasteiger partial charge on any atom is 0.131 e. The van der Waals surface area contributed by atoms with Crippen LogP contribution in [0.4, 0.5) is 10.2 Å². The standard InChI is InChI=1S/C10H9BrFN3/c1-15-5-14-9(10(15)13)7-3-2-6(12)4-8(7)11/h2-5H,13H2,1H3. The monoisotopic (exact) mass is 269 g/mol. The fourth-order valence-electron chi connectivity index (χ4n) is 1.33. The number of hydrogen-bond donors (Lipinski definition) is 1. The zero-order chi connectivity index (χ0) is 11.0. The van der Waals surface area contributed by atoms with Crippen LogP contribution in [0.15, 0.2) is 29.0 Å². The van der Waals surface area contributed by atoms with Gasteiger partial charge in [-0.3, -0.25) is 0 Å². The normalized spacial score (nSPS) is 10.6. The van der Waals surface area contributed by atoms with Gasteiger partial charge in [-0.2, -0.15) is 0 Å². The molecule has 2 N–H and O–H groups in total. The van der Waals surface area contributed by atoms with Gasteiger partial charge in [0.05, 0.1) is 6.33 Å². The number of imidazole rings is 1. The molecule has 0 aliphatic rings. The number of aryl methyl sites for hydroxylation is 1. The van der Waals surface area contributed by atoms with Gasteiger partial charge in [0.2, 0.25) is 0 Å². The van der Waals surface area contributed by atoms with Crippen molar-refractivity contribution in [2.45, 2.75) is 0 Å². The average Bonchev–Trinajstić information content (AvgIpc) is 2.49. The SMILES string of the molecule is Cn1cnc(-c2ccc(F)cc2Br)c1N. The zero-order valence-electron chi connectivity index (χ0n) is 8.04. The molecule has 78 valence electrons. The van der Waals surface area contributed by atoms with Crippen LogP contribution in [-0.2, 0) is 7.05 Å². The lowest BCUT2D eigenvalue weighted by Crippen LogP contribution is -1.96. The highest BCUT2D eigenvalue weighted by Gasteiger charge is 2.11. The van der Waals surface area contributed by atoms with Crippen LogP contribution in [0.5, 0.6) is 0 Å². The summed E-state index contributed by atoms with van der Waals surface area (Å²) in [6, 6.07) is 4.43. The van der Waals surface area contributed by atoms with Gasteiger partial charge in [0.25, 0.3) is 0 Å². The topological polar surface area (TPSA) is 43.8 Å². The molecular formula is C10H9BrFN3. The van der Waals surface area contributed by atoms with Crippen LogP contribution in [0.25, 0.3) is 11.3 Å².